The van der Waals surface area contributed by atoms with E-state index >= 15 is 0 Å². The molecule has 3 amide bonds. The van der Waals surface area contributed by atoms with E-state index in [0.29, 0.717) is 85.0 Å². The molecule has 3 aromatic carbocycles. The smallest absolute Gasteiger partial charge is 0.259 e. The molecule has 6 N–H and O–H groups in total. The number of unbranched alkanes of at least 4 members (excludes halogenated alkanes) is 2. The predicted molar refractivity (Wildman–Crippen MR) is 185 cm³/mol. The van der Waals surface area contributed by atoms with Crippen molar-refractivity contribution in [2.24, 2.45) is 5.73 Å². The molecule has 0 spiro atoms. The molecule has 0 radical (unpaired) electrons. The summed E-state index contributed by atoms with van der Waals surface area (Å²) in [5.74, 6) is 0.183. The molecule has 12 heteroatoms. The van der Waals surface area contributed by atoms with E-state index in [9.17, 15) is 14.4 Å². The van der Waals surface area contributed by atoms with Crippen LogP contribution in [0.25, 0.3) is 0 Å². The van der Waals surface area contributed by atoms with E-state index in [1.807, 2.05) is 19.1 Å². The molecule has 0 aromatic heterocycles. The predicted octanol–water partition coefficient (Wildman–Crippen LogP) is 4.13. The number of hydrogen-bond acceptors (Lipinski definition) is 9. The van der Waals surface area contributed by atoms with Gasteiger partial charge >= 0.3 is 0 Å². The molecular weight excluding hydrogens is 616 g/mol. The number of ether oxygens (including phenoxy) is 3. The van der Waals surface area contributed by atoms with Crippen LogP contribution in [-0.4, -0.2) is 86.0 Å². The van der Waals surface area contributed by atoms with Gasteiger partial charge in [-0.25, -0.2) is 0 Å². The zero-order valence-corrected chi connectivity index (χ0v) is 27.8. The summed E-state index contributed by atoms with van der Waals surface area (Å²) in [6.07, 6.45) is 3.10. The van der Waals surface area contributed by atoms with Crippen LogP contribution in [-0.2, 0) is 16.1 Å². The molecule has 0 aliphatic rings. The van der Waals surface area contributed by atoms with Crippen LogP contribution in [0, 0.1) is 6.92 Å². The first-order valence-electron chi connectivity index (χ1n) is 16.2. The third kappa shape index (κ3) is 11.9. The number of aliphatic hydroxyl groups is 2. The molecule has 3 aromatic rings. The van der Waals surface area contributed by atoms with Gasteiger partial charge < -0.3 is 45.7 Å². The topological polar surface area (TPSA) is 173 Å². The maximum atomic E-state index is 13.4. The normalized spacial score (nSPS) is 10.8. The zero-order chi connectivity index (χ0) is 34.7. The quantitative estimate of drug-likeness (QED) is 0.105. The average Bonchev–Trinajstić information content (AvgIpc) is 3.08. The molecule has 0 bridgehead atoms. The first kappa shape index (κ1) is 38.0. The van der Waals surface area contributed by atoms with Crippen LogP contribution in [0.1, 0.15) is 63.9 Å². The Bertz CT molecular complexity index is 1480. The number of hydrogen-bond donors (Lipinski definition) is 5. The summed E-state index contributed by atoms with van der Waals surface area (Å²) in [5, 5.41) is 24.1. The van der Waals surface area contributed by atoms with Crippen LogP contribution in [0.2, 0.25) is 0 Å². The first-order chi connectivity index (χ1) is 23.3. The molecule has 12 nitrogen and oxygen atoms in total. The van der Waals surface area contributed by atoms with Gasteiger partial charge in [0.15, 0.2) is 0 Å². The van der Waals surface area contributed by atoms with Crippen LogP contribution in [0.3, 0.4) is 0 Å². The lowest BCUT2D eigenvalue weighted by molar-refractivity contribution is -0.132. The van der Waals surface area contributed by atoms with Crippen LogP contribution < -0.4 is 25.8 Å². The summed E-state index contributed by atoms with van der Waals surface area (Å²) < 4.78 is 17.2. The SMILES string of the molecule is COCc1cc(C(=O)Nc2ccc(C)cc2OCCCCCC(=O)N(CCO)CCO)ccc1NC(=O)c1ccccc1OCCCN. The number of amides is 3. The molecule has 0 fully saturated rings. The Labute approximate surface area is 282 Å². The second kappa shape index (κ2) is 20.7. The minimum atomic E-state index is -0.355. The van der Waals surface area contributed by atoms with Gasteiger partial charge in [-0.3, -0.25) is 14.4 Å². The number of rotatable bonds is 21. The number of nitrogens with zero attached hydrogens (tertiary/aromatic N) is 1. The first-order valence-corrected chi connectivity index (χ1v) is 16.2. The highest BCUT2D eigenvalue weighted by molar-refractivity contribution is 6.08. The van der Waals surface area contributed by atoms with Gasteiger partial charge in [-0.1, -0.05) is 18.2 Å². The van der Waals surface area contributed by atoms with E-state index in [1.54, 1.807) is 48.5 Å². The van der Waals surface area contributed by atoms with Crippen molar-refractivity contribution >= 4 is 29.1 Å². The Morgan fingerprint density at radius 1 is 0.792 bits per heavy atom. The summed E-state index contributed by atoms with van der Waals surface area (Å²) >= 11 is 0. The number of nitrogens with two attached hydrogens (primary N) is 1. The number of methoxy groups -OCH3 is 1. The maximum Gasteiger partial charge on any atom is 0.259 e. The fraction of sp³-hybridized carbons (Fsp3) is 0.417. The van der Waals surface area contributed by atoms with E-state index < -0.39 is 0 Å². The van der Waals surface area contributed by atoms with Crippen LogP contribution in [0.15, 0.2) is 60.7 Å². The lowest BCUT2D eigenvalue weighted by Crippen LogP contribution is -2.35. The average molecular weight is 665 g/mol. The fourth-order valence-corrected chi connectivity index (χ4v) is 4.91. The monoisotopic (exact) mass is 664 g/mol. The van der Waals surface area contributed by atoms with Gasteiger partial charge in [0, 0.05) is 43.4 Å². The van der Waals surface area contributed by atoms with E-state index in [4.69, 9.17) is 30.2 Å². The molecule has 3 rings (SSSR count). The van der Waals surface area contributed by atoms with Crippen molar-refractivity contribution in [2.45, 2.75) is 45.6 Å². The number of carbonyl (C=O) groups is 3. The van der Waals surface area contributed by atoms with Crippen molar-refractivity contribution < 1.29 is 38.8 Å². The van der Waals surface area contributed by atoms with Crippen molar-refractivity contribution in [1.82, 2.24) is 4.90 Å². The van der Waals surface area contributed by atoms with Gasteiger partial charge in [0.2, 0.25) is 5.91 Å². The largest absolute Gasteiger partial charge is 0.493 e. The fourth-order valence-electron chi connectivity index (χ4n) is 4.91. The number of benzene rings is 3. The number of carbonyl (C=O) groups excluding carboxylic acids is 3. The Morgan fingerprint density at radius 3 is 2.21 bits per heavy atom. The minimum Gasteiger partial charge on any atom is -0.493 e. The van der Waals surface area contributed by atoms with Crippen molar-refractivity contribution in [3.8, 4) is 11.5 Å². The molecular formula is C36H48N4O8. The zero-order valence-electron chi connectivity index (χ0n) is 27.8. The highest BCUT2D eigenvalue weighted by atomic mass is 16.5. The van der Waals surface area contributed by atoms with E-state index in [-0.39, 0.29) is 50.6 Å². The van der Waals surface area contributed by atoms with Crippen LogP contribution >= 0.6 is 0 Å². The number of para-hydroxylation sites is 1. The summed E-state index contributed by atoms with van der Waals surface area (Å²) in [5.41, 5.74) is 8.92. The van der Waals surface area contributed by atoms with E-state index in [0.717, 1.165) is 12.0 Å². The second-order valence-electron chi connectivity index (χ2n) is 11.2. The van der Waals surface area contributed by atoms with Gasteiger partial charge in [-0.05, 0) is 87.2 Å². The summed E-state index contributed by atoms with van der Waals surface area (Å²) in [7, 11) is 1.54. The number of nitrogens with one attached hydrogen (secondary N) is 2. The van der Waals surface area contributed by atoms with Crippen LogP contribution in [0.4, 0.5) is 11.4 Å². The minimum absolute atomic E-state index is 0.0965. The Hall–Kier alpha value is -4.49. The Kier molecular flexibility index (Phi) is 16.4. The highest BCUT2D eigenvalue weighted by Crippen LogP contribution is 2.28. The third-order valence-electron chi connectivity index (χ3n) is 7.42. The molecule has 0 unspecified atom stereocenters. The summed E-state index contributed by atoms with van der Waals surface area (Å²) in [4.78, 5) is 40.4. The third-order valence-corrected chi connectivity index (χ3v) is 7.42. The summed E-state index contributed by atoms with van der Waals surface area (Å²) in [6.45, 7) is 3.50. The van der Waals surface area contributed by atoms with Crippen LogP contribution in [0.5, 0.6) is 11.5 Å². The molecule has 0 saturated heterocycles. The van der Waals surface area contributed by atoms with E-state index in [2.05, 4.69) is 10.6 Å². The lowest BCUT2D eigenvalue weighted by atomic mass is 10.1. The molecule has 48 heavy (non-hydrogen) atoms. The molecule has 0 heterocycles. The molecule has 260 valence electrons. The number of anilines is 2. The van der Waals surface area contributed by atoms with Gasteiger partial charge in [0.05, 0.1) is 44.3 Å². The standard InChI is InChI=1S/C36H48N4O8/c1-26-12-14-31(33(23-26)48-21-7-3-4-11-34(43)40(17-19-41)18-20-42)39-35(44)27-13-15-30(28(24-27)25-46-2)38-36(45)29-9-5-6-10-32(29)47-22-8-16-37/h5-6,9-10,12-15,23-24,41-42H,3-4,7-8,11,16-22,25,37H2,1-2H3,(H,38,45)(H,39,44). The number of aryl methyl sites for hydroxylation is 1. The molecule has 0 aliphatic heterocycles. The maximum absolute atomic E-state index is 13.4. The Balaban J connectivity index is 1.62. The van der Waals surface area contributed by atoms with Gasteiger partial charge in [0.25, 0.3) is 11.8 Å². The highest BCUT2D eigenvalue weighted by Gasteiger charge is 2.17. The van der Waals surface area contributed by atoms with Crippen molar-refractivity contribution in [3.05, 3.63) is 82.9 Å². The van der Waals surface area contributed by atoms with Crippen molar-refractivity contribution in [1.29, 1.82) is 0 Å². The van der Waals surface area contributed by atoms with Crippen molar-refractivity contribution in [2.75, 3.05) is 63.8 Å². The van der Waals surface area contributed by atoms with Gasteiger partial charge in [-0.15, -0.1) is 0 Å². The van der Waals surface area contributed by atoms with E-state index in [1.165, 1.54) is 12.0 Å². The van der Waals surface area contributed by atoms with Crippen molar-refractivity contribution in [3.63, 3.8) is 0 Å². The Morgan fingerprint density at radius 2 is 1.48 bits per heavy atom. The lowest BCUT2D eigenvalue weighted by Gasteiger charge is -2.20. The summed E-state index contributed by atoms with van der Waals surface area (Å²) in [6, 6.07) is 17.5. The second-order valence-corrected chi connectivity index (χ2v) is 11.2. The molecule has 0 aliphatic carbocycles. The number of aliphatic hydroxyl groups excluding tert-OH is 2. The van der Waals surface area contributed by atoms with Gasteiger partial charge in [-0.2, -0.15) is 0 Å². The molecule has 0 atom stereocenters. The molecule has 0 saturated carbocycles. The van der Waals surface area contributed by atoms with Gasteiger partial charge in [0.1, 0.15) is 11.5 Å².